The van der Waals surface area contributed by atoms with Gasteiger partial charge in [-0.25, -0.2) is 4.98 Å². The van der Waals surface area contributed by atoms with E-state index in [1.165, 1.54) is 6.07 Å². The van der Waals surface area contributed by atoms with Crippen LogP contribution in [0, 0.1) is 0 Å². The molecule has 6 heteroatoms. The average Bonchev–Trinajstić information content (AvgIpc) is 2.46. The van der Waals surface area contributed by atoms with Crippen molar-refractivity contribution in [3.05, 3.63) is 64.7 Å². The van der Waals surface area contributed by atoms with E-state index in [0.717, 1.165) is 5.56 Å². The molecular formula is C15H9F3N2O. The van der Waals surface area contributed by atoms with Crippen molar-refractivity contribution in [3.8, 4) is 11.1 Å². The smallest absolute Gasteiger partial charge is 0.302 e. The maximum absolute atomic E-state index is 12.7. The first-order chi connectivity index (χ1) is 9.97. The summed E-state index contributed by atoms with van der Waals surface area (Å²) in [5, 5.41) is 0.150. The summed E-state index contributed by atoms with van der Waals surface area (Å²) < 4.78 is 38.1. The molecule has 0 unspecified atom stereocenters. The van der Waals surface area contributed by atoms with E-state index >= 15 is 0 Å². The topological polar surface area (TPSA) is 45.8 Å². The number of aromatic nitrogens is 2. The SMILES string of the molecule is O=c1[nH]c(C(F)(F)F)nc2cccc(-c3ccccc3)c12. The molecule has 0 saturated heterocycles. The molecule has 0 radical (unpaired) electrons. The third-order valence-corrected chi connectivity index (χ3v) is 3.09. The minimum Gasteiger partial charge on any atom is -0.302 e. The van der Waals surface area contributed by atoms with Gasteiger partial charge in [-0.05, 0) is 17.2 Å². The fourth-order valence-corrected chi connectivity index (χ4v) is 2.18. The van der Waals surface area contributed by atoms with Gasteiger partial charge in [0.1, 0.15) is 0 Å². The lowest BCUT2D eigenvalue weighted by Gasteiger charge is -2.09. The predicted molar refractivity (Wildman–Crippen MR) is 72.8 cm³/mol. The molecule has 1 N–H and O–H groups in total. The molecule has 0 spiro atoms. The fraction of sp³-hybridized carbons (Fsp3) is 0.0667. The Morgan fingerprint density at radius 3 is 2.33 bits per heavy atom. The van der Waals surface area contributed by atoms with E-state index in [0.29, 0.717) is 5.56 Å². The minimum atomic E-state index is -4.68. The normalized spacial score (nSPS) is 11.8. The minimum absolute atomic E-state index is 0.0208. The quantitative estimate of drug-likeness (QED) is 0.744. The standard InChI is InChI=1S/C15H9F3N2O/c16-15(17,18)14-19-11-8-4-7-10(12(11)13(21)20-14)9-5-2-1-3-6-9/h1-8H,(H,19,20,21). The molecule has 0 atom stereocenters. The van der Waals surface area contributed by atoms with Crippen LogP contribution >= 0.6 is 0 Å². The fourth-order valence-electron chi connectivity index (χ4n) is 2.18. The van der Waals surface area contributed by atoms with Gasteiger partial charge in [-0.15, -0.1) is 0 Å². The Morgan fingerprint density at radius 2 is 1.67 bits per heavy atom. The summed E-state index contributed by atoms with van der Waals surface area (Å²) in [6.45, 7) is 0. The number of H-pyrrole nitrogens is 1. The van der Waals surface area contributed by atoms with Crippen LogP contribution in [0.15, 0.2) is 53.3 Å². The highest BCUT2D eigenvalue weighted by Gasteiger charge is 2.34. The number of nitrogens with zero attached hydrogens (tertiary/aromatic N) is 1. The highest BCUT2D eigenvalue weighted by atomic mass is 19.4. The van der Waals surface area contributed by atoms with Gasteiger partial charge in [0.25, 0.3) is 5.56 Å². The first kappa shape index (κ1) is 13.4. The third kappa shape index (κ3) is 2.40. The molecule has 0 bridgehead atoms. The summed E-state index contributed by atoms with van der Waals surface area (Å²) in [6, 6.07) is 13.6. The van der Waals surface area contributed by atoms with Crippen LogP contribution in [0.2, 0.25) is 0 Å². The molecule has 0 amide bonds. The van der Waals surface area contributed by atoms with Crippen LogP contribution in [0.1, 0.15) is 5.82 Å². The number of nitrogens with one attached hydrogen (secondary N) is 1. The monoisotopic (exact) mass is 290 g/mol. The van der Waals surface area contributed by atoms with Gasteiger partial charge in [0.2, 0.25) is 5.82 Å². The molecule has 0 fully saturated rings. The van der Waals surface area contributed by atoms with Crippen molar-refractivity contribution in [2.24, 2.45) is 0 Å². The van der Waals surface area contributed by atoms with Crippen molar-refractivity contribution in [2.45, 2.75) is 6.18 Å². The summed E-state index contributed by atoms with van der Waals surface area (Å²) >= 11 is 0. The summed E-state index contributed by atoms with van der Waals surface area (Å²) in [6.07, 6.45) is -4.68. The molecule has 3 rings (SSSR count). The van der Waals surface area contributed by atoms with Crippen LogP contribution in [0.4, 0.5) is 13.2 Å². The van der Waals surface area contributed by atoms with Crippen molar-refractivity contribution in [1.82, 2.24) is 9.97 Å². The van der Waals surface area contributed by atoms with E-state index in [4.69, 9.17) is 0 Å². The zero-order valence-corrected chi connectivity index (χ0v) is 10.6. The van der Waals surface area contributed by atoms with E-state index in [9.17, 15) is 18.0 Å². The molecule has 1 heterocycles. The summed E-state index contributed by atoms with van der Waals surface area (Å²) in [5.74, 6) is -1.29. The largest absolute Gasteiger partial charge is 0.449 e. The zero-order chi connectivity index (χ0) is 15.0. The zero-order valence-electron chi connectivity index (χ0n) is 10.6. The molecule has 21 heavy (non-hydrogen) atoms. The van der Waals surface area contributed by atoms with Crippen LogP contribution in [0.5, 0.6) is 0 Å². The van der Waals surface area contributed by atoms with Crippen molar-refractivity contribution < 1.29 is 13.2 Å². The van der Waals surface area contributed by atoms with Crippen molar-refractivity contribution in [3.63, 3.8) is 0 Å². The van der Waals surface area contributed by atoms with Crippen molar-refractivity contribution >= 4 is 10.9 Å². The van der Waals surface area contributed by atoms with Crippen LogP contribution in [-0.2, 0) is 6.18 Å². The second-order valence-electron chi connectivity index (χ2n) is 4.48. The van der Waals surface area contributed by atoms with E-state index in [2.05, 4.69) is 4.98 Å². The van der Waals surface area contributed by atoms with Crippen LogP contribution in [0.25, 0.3) is 22.0 Å². The van der Waals surface area contributed by atoms with Gasteiger partial charge in [-0.1, -0.05) is 42.5 Å². The number of alkyl halides is 3. The molecular weight excluding hydrogens is 281 g/mol. The Balaban J connectivity index is 2.33. The second kappa shape index (κ2) is 4.73. The van der Waals surface area contributed by atoms with Gasteiger partial charge in [0.15, 0.2) is 0 Å². The Morgan fingerprint density at radius 1 is 0.952 bits per heavy atom. The summed E-state index contributed by atoms with van der Waals surface area (Å²) in [4.78, 5) is 17.4. The molecule has 3 aromatic rings. The Bertz CT molecular complexity index is 854. The predicted octanol–water partition coefficient (Wildman–Crippen LogP) is 3.61. The van der Waals surface area contributed by atoms with Crippen LogP contribution in [0.3, 0.4) is 0 Å². The molecule has 0 aliphatic carbocycles. The van der Waals surface area contributed by atoms with E-state index in [1.54, 1.807) is 36.4 Å². The lowest BCUT2D eigenvalue weighted by Crippen LogP contribution is -2.19. The van der Waals surface area contributed by atoms with E-state index in [1.807, 2.05) is 11.1 Å². The number of rotatable bonds is 1. The highest BCUT2D eigenvalue weighted by molar-refractivity contribution is 5.93. The highest BCUT2D eigenvalue weighted by Crippen LogP contribution is 2.29. The Kier molecular flexibility index (Phi) is 3.01. The van der Waals surface area contributed by atoms with E-state index < -0.39 is 17.6 Å². The maximum atomic E-state index is 12.7. The lowest BCUT2D eigenvalue weighted by atomic mass is 10.0. The summed E-state index contributed by atoms with van der Waals surface area (Å²) in [7, 11) is 0. The molecule has 1 aromatic heterocycles. The van der Waals surface area contributed by atoms with Gasteiger partial charge in [0.05, 0.1) is 10.9 Å². The number of hydrogen-bond acceptors (Lipinski definition) is 2. The molecule has 3 nitrogen and oxygen atoms in total. The van der Waals surface area contributed by atoms with Gasteiger partial charge in [-0.2, -0.15) is 13.2 Å². The molecule has 2 aromatic carbocycles. The number of benzene rings is 2. The van der Waals surface area contributed by atoms with Crippen molar-refractivity contribution in [2.75, 3.05) is 0 Å². The Labute approximate surface area is 117 Å². The lowest BCUT2D eigenvalue weighted by molar-refractivity contribution is -0.144. The number of halogens is 3. The van der Waals surface area contributed by atoms with Crippen LogP contribution < -0.4 is 5.56 Å². The number of fused-ring (bicyclic) bond motifs is 1. The maximum Gasteiger partial charge on any atom is 0.449 e. The van der Waals surface area contributed by atoms with Gasteiger partial charge in [-0.3, -0.25) is 4.79 Å². The average molecular weight is 290 g/mol. The molecule has 106 valence electrons. The first-order valence-corrected chi connectivity index (χ1v) is 6.12. The Hall–Kier alpha value is -2.63. The summed E-state index contributed by atoms with van der Waals surface area (Å²) in [5.41, 5.74) is 0.518. The second-order valence-corrected chi connectivity index (χ2v) is 4.48. The molecule has 0 saturated carbocycles. The first-order valence-electron chi connectivity index (χ1n) is 6.12. The van der Waals surface area contributed by atoms with Gasteiger partial charge < -0.3 is 4.98 Å². The van der Waals surface area contributed by atoms with Crippen LogP contribution in [-0.4, -0.2) is 9.97 Å². The van der Waals surface area contributed by atoms with Gasteiger partial charge in [0, 0.05) is 0 Å². The third-order valence-electron chi connectivity index (χ3n) is 3.09. The molecule has 0 aliphatic heterocycles. The van der Waals surface area contributed by atoms with Gasteiger partial charge >= 0.3 is 6.18 Å². The van der Waals surface area contributed by atoms with Crippen molar-refractivity contribution in [1.29, 1.82) is 0 Å². The molecule has 0 aliphatic rings. The van der Waals surface area contributed by atoms with E-state index in [-0.39, 0.29) is 10.9 Å². The number of hydrogen-bond donors (Lipinski definition) is 1. The number of aromatic amines is 1.